The molecular formula is C15H16BrF4N5. The molecule has 5 nitrogen and oxygen atoms in total. The summed E-state index contributed by atoms with van der Waals surface area (Å²) in [6.07, 6.45) is -1.59. The number of anilines is 1. The number of nitrogens with zero attached hydrogens (tertiary/aromatic N) is 3. The summed E-state index contributed by atoms with van der Waals surface area (Å²) in [4.78, 5) is 9.12. The minimum Gasteiger partial charge on any atom is -0.369 e. The SMILES string of the molecule is NC1=NC2(CCCCC2)N(c2c(F)cc(Br)cc2C(F)(F)F)C(N)=N1. The molecule has 1 aromatic rings. The molecule has 1 fully saturated rings. The van der Waals surface area contributed by atoms with Gasteiger partial charge in [0.2, 0.25) is 11.9 Å². The Hall–Kier alpha value is -1.84. The highest BCUT2D eigenvalue weighted by atomic mass is 79.9. The van der Waals surface area contributed by atoms with Crippen molar-refractivity contribution in [3.63, 3.8) is 0 Å². The molecule has 0 bridgehead atoms. The Morgan fingerprint density at radius 2 is 1.76 bits per heavy atom. The second-order valence-electron chi connectivity index (χ2n) is 6.10. The molecule has 0 saturated heterocycles. The number of aliphatic imine (C=N–C) groups is 2. The monoisotopic (exact) mass is 421 g/mol. The molecule has 3 rings (SSSR count). The lowest BCUT2D eigenvalue weighted by atomic mass is 9.87. The molecule has 0 aromatic heterocycles. The number of hydrogen-bond donors (Lipinski definition) is 2. The average molecular weight is 422 g/mol. The minimum absolute atomic E-state index is 0.0192. The molecule has 10 heteroatoms. The number of alkyl halides is 3. The number of benzene rings is 1. The van der Waals surface area contributed by atoms with Gasteiger partial charge in [-0.15, -0.1) is 0 Å². The first-order valence-electron chi connectivity index (χ1n) is 7.70. The molecule has 1 spiro atoms. The van der Waals surface area contributed by atoms with Crippen LogP contribution >= 0.6 is 15.9 Å². The van der Waals surface area contributed by atoms with E-state index in [2.05, 4.69) is 25.9 Å². The molecule has 2 aliphatic rings. The Labute approximate surface area is 149 Å². The van der Waals surface area contributed by atoms with Crippen molar-refractivity contribution in [1.82, 2.24) is 0 Å². The molecule has 1 aromatic carbocycles. The van der Waals surface area contributed by atoms with Crippen LogP contribution in [0.3, 0.4) is 0 Å². The Kier molecular flexibility index (Phi) is 4.42. The van der Waals surface area contributed by atoms with Crippen molar-refractivity contribution in [2.45, 2.75) is 43.9 Å². The Morgan fingerprint density at radius 1 is 1.12 bits per heavy atom. The first-order chi connectivity index (χ1) is 11.6. The lowest BCUT2D eigenvalue weighted by Gasteiger charge is -2.46. The molecule has 0 unspecified atom stereocenters. The van der Waals surface area contributed by atoms with E-state index in [9.17, 15) is 17.6 Å². The zero-order valence-electron chi connectivity index (χ0n) is 13.1. The van der Waals surface area contributed by atoms with Gasteiger partial charge in [-0.25, -0.2) is 9.38 Å². The summed E-state index contributed by atoms with van der Waals surface area (Å²) in [5.74, 6) is -1.46. The van der Waals surface area contributed by atoms with E-state index in [1.54, 1.807) is 0 Å². The van der Waals surface area contributed by atoms with Crippen molar-refractivity contribution < 1.29 is 17.6 Å². The number of hydrogen-bond acceptors (Lipinski definition) is 5. The van der Waals surface area contributed by atoms with Crippen molar-refractivity contribution in [2.75, 3.05) is 4.90 Å². The molecule has 25 heavy (non-hydrogen) atoms. The maximum Gasteiger partial charge on any atom is 0.418 e. The van der Waals surface area contributed by atoms with Crippen LogP contribution in [0.2, 0.25) is 0 Å². The molecule has 0 amide bonds. The van der Waals surface area contributed by atoms with Gasteiger partial charge in [0.25, 0.3) is 0 Å². The first-order valence-corrected chi connectivity index (χ1v) is 8.49. The van der Waals surface area contributed by atoms with E-state index in [4.69, 9.17) is 11.5 Å². The van der Waals surface area contributed by atoms with Gasteiger partial charge in [0.1, 0.15) is 11.5 Å². The third kappa shape index (κ3) is 3.19. The van der Waals surface area contributed by atoms with Crippen LogP contribution in [0.1, 0.15) is 37.7 Å². The van der Waals surface area contributed by atoms with Crippen molar-refractivity contribution in [2.24, 2.45) is 21.5 Å². The molecule has 0 atom stereocenters. The summed E-state index contributed by atoms with van der Waals surface area (Å²) in [6, 6.07) is 1.79. The summed E-state index contributed by atoms with van der Waals surface area (Å²) in [6.45, 7) is 0. The third-order valence-corrected chi connectivity index (χ3v) is 4.87. The van der Waals surface area contributed by atoms with Crippen molar-refractivity contribution >= 4 is 33.5 Å². The maximum atomic E-state index is 14.7. The second kappa shape index (κ2) is 6.15. The molecule has 1 aliphatic heterocycles. The number of halogens is 5. The third-order valence-electron chi connectivity index (χ3n) is 4.41. The minimum atomic E-state index is -4.78. The van der Waals surface area contributed by atoms with E-state index in [1.807, 2.05) is 0 Å². The largest absolute Gasteiger partial charge is 0.418 e. The summed E-state index contributed by atoms with van der Waals surface area (Å²) < 4.78 is 55.4. The molecule has 0 radical (unpaired) electrons. The summed E-state index contributed by atoms with van der Waals surface area (Å²) in [5.41, 5.74) is 8.62. The van der Waals surface area contributed by atoms with Gasteiger partial charge >= 0.3 is 6.18 Å². The van der Waals surface area contributed by atoms with Crippen LogP contribution < -0.4 is 16.4 Å². The number of rotatable bonds is 1. The predicted octanol–water partition coefficient (Wildman–Crippen LogP) is 3.72. The fourth-order valence-corrected chi connectivity index (χ4v) is 3.88. The van der Waals surface area contributed by atoms with Crippen LogP contribution in [0.15, 0.2) is 26.6 Å². The molecule has 1 saturated carbocycles. The Bertz CT molecular complexity index is 753. The highest BCUT2D eigenvalue weighted by Crippen LogP contribution is 2.46. The van der Waals surface area contributed by atoms with Gasteiger partial charge in [0.15, 0.2) is 0 Å². The topological polar surface area (TPSA) is 80.0 Å². The van der Waals surface area contributed by atoms with Gasteiger partial charge in [0.05, 0.1) is 11.3 Å². The Balaban J connectivity index is 2.25. The van der Waals surface area contributed by atoms with E-state index < -0.39 is 28.9 Å². The zero-order valence-corrected chi connectivity index (χ0v) is 14.7. The van der Waals surface area contributed by atoms with Crippen LogP contribution in [0, 0.1) is 5.82 Å². The van der Waals surface area contributed by atoms with Crippen molar-refractivity contribution in [3.05, 3.63) is 28.0 Å². The van der Waals surface area contributed by atoms with Gasteiger partial charge < -0.3 is 11.5 Å². The van der Waals surface area contributed by atoms with Gasteiger partial charge in [-0.3, -0.25) is 4.90 Å². The normalized spacial score (nSPS) is 20.4. The fraction of sp³-hybridized carbons (Fsp3) is 0.467. The lowest BCUT2D eigenvalue weighted by molar-refractivity contribution is -0.137. The van der Waals surface area contributed by atoms with Crippen molar-refractivity contribution in [3.8, 4) is 0 Å². The standard InChI is InChI=1S/C15H16BrF4N5/c16-8-6-9(15(18,19)20)11(10(17)7-8)25-13(22)23-12(21)24-14(25)4-2-1-3-5-14/h6-7H,1-5H2,(H4,21,22,23,24). The summed E-state index contributed by atoms with van der Waals surface area (Å²) in [7, 11) is 0. The van der Waals surface area contributed by atoms with Crippen LogP contribution in [-0.2, 0) is 6.18 Å². The van der Waals surface area contributed by atoms with Crippen LogP contribution in [0.4, 0.5) is 23.2 Å². The van der Waals surface area contributed by atoms with Gasteiger partial charge in [-0.2, -0.15) is 18.2 Å². The molecule has 136 valence electrons. The number of nitrogens with two attached hydrogens (primary N) is 2. The lowest BCUT2D eigenvalue weighted by Crippen LogP contribution is -2.59. The molecule has 1 aliphatic carbocycles. The smallest absolute Gasteiger partial charge is 0.369 e. The highest BCUT2D eigenvalue weighted by molar-refractivity contribution is 9.10. The molecule has 1 heterocycles. The van der Waals surface area contributed by atoms with Crippen LogP contribution in [0.25, 0.3) is 0 Å². The van der Waals surface area contributed by atoms with E-state index in [0.29, 0.717) is 12.8 Å². The molecular weight excluding hydrogens is 406 g/mol. The Morgan fingerprint density at radius 3 is 2.36 bits per heavy atom. The number of guanidine groups is 2. The zero-order chi connectivity index (χ0) is 18.4. The van der Waals surface area contributed by atoms with Gasteiger partial charge in [-0.05, 0) is 37.8 Å². The van der Waals surface area contributed by atoms with Crippen LogP contribution in [-0.4, -0.2) is 17.6 Å². The van der Waals surface area contributed by atoms with Gasteiger partial charge in [-0.1, -0.05) is 22.4 Å². The van der Waals surface area contributed by atoms with Gasteiger partial charge in [0, 0.05) is 4.47 Å². The maximum absolute atomic E-state index is 14.7. The second-order valence-corrected chi connectivity index (χ2v) is 7.02. The fourth-order valence-electron chi connectivity index (χ4n) is 3.45. The van der Waals surface area contributed by atoms with E-state index in [-0.39, 0.29) is 16.4 Å². The van der Waals surface area contributed by atoms with Crippen molar-refractivity contribution in [1.29, 1.82) is 0 Å². The highest BCUT2D eigenvalue weighted by Gasteiger charge is 2.47. The van der Waals surface area contributed by atoms with E-state index in [0.717, 1.165) is 36.3 Å². The predicted molar refractivity (Wildman–Crippen MR) is 90.6 cm³/mol. The van der Waals surface area contributed by atoms with E-state index in [1.165, 1.54) is 0 Å². The van der Waals surface area contributed by atoms with E-state index >= 15 is 0 Å². The average Bonchev–Trinajstić information content (AvgIpc) is 2.48. The first kappa shape index (κ1) is 18.0. The summed E-state index contributed by atoms with van der Waals surface area (Å²) >= 11 is 2.91. The van der Waals surface area contributed by atoms with Crippen LogP contribution in [0.5, 0.6) is 0 Å². The molecule has 4 N–H and O–H groups in total. The summed E-state index contributed by atoms with van der Waals surface area (Å²) in [5, 5.41) is 0. The quantitative estimate of drug-likeness (QED) is 0.678.